The van der Waals surface area contributed by atoms with Gasteiger partial charge in [-0.1, -0.05) is 37.0 Å². The van der Waals surface area contributed by atoms with E-state index < -0.39 is 30.2 Å². The molecule has 3 amide bonds. The molecule has 11 heteroatoms. The van der Waals surface area contributed by atoms with Gasteiger partial charge < -0.3 is 29.8 Å². The van der Waals surface area contributed by atoms with E-state index in [2.05, 4.69) is 24.5 Å². The molecule has 2 fully saturated rings. The second kappa shape index (κ2) is 14.0. The van der Waals surface area contributed by atoms with E-state index in [0.717, 1.165) is 0 Å². The number of hydrogen-bond acceptors (Lipinski definition) is 6. The first-order valence-corrected chi connectivity index (χ1v) is 14.6. The molecule has 0 bridgehead atoms. The summed E-state index contributed by atoms with van der Waals surface area (Å²) >= 11 is 12.0. The number of amides is 3. The molecule has 0 saturated carbocycles. The van der Waals surface area contributed by atoms with Crippen LogP contribution in [0.2, 0.25) is 10.0 Å². The highest BCUT2D eigenvalue weighted by atomic mass is 35.5. The summed E-state index contributed by atoms with van der Waals surface area (Å²) < 4.78 is 12.0. The first-order valence-electron chi connectivity index (χ1n) is 13.8. The number of halogens is 2. The maximum absolute atomic E-state index is 14.0. The third kappa shape index (κ3) is 8.14. The smallest absolute Gasteiger partial charge is 0.321 e. The van der Waals surface area contributed by atoms with Crippen LogP contribution >= 0.6 is 23.2 Å². The molecule has 2 heterocycles. The van der Waals surface area contributed by atoms with Crippen molar-refractivity contribution in [3.8, 4) is 11.5 Å². The van der Waals surface area contributed by atoms with Gasteiger partial charge in [0.1, 0.15) is 23.8 Å². The lowest BCUT2D eigenvalue weighted by atomic mass is 9.89. The van der Waals surface area contributed by atoms with Crippen molar-refractivity contribution in [2.24, 2.45) is 17.8 Å². The van der Waals surface area contributed by atoms with E-state index in [4.69, 9.17) is 32.7 Å². The van der Waals surface area contributed by atoms with Crippen LogP contribution in [0, 0.1) is 17.8 Å². The van der Waals surface area contributed by atoms with Gasteiger partial charge in [-0.2, -0.15) is 0 Å². The van der Waals surface area contributed by atoms with Gasteiger partial charge >= 0.3 is 12.2 Å². The minimum absolute atomic E-state index is 0.122. The van der Waals surface area contributed by atoms with Gasteiger partial charge in [-0.15, -0.1) is 0 Å². The Morgan fingerprint density at radius 1 is 1.00 bits per heavy atom. The number of rotatable bonds is 12. The molecule has 4 rings (SSSR count). The zero-order chi connectivity index (χ0) is 29.5. The molecule has 0 aromatic heterocycles. The van der Waals surface area contributed by atoms with Crippen LogP contribution in [0.4, 0.5) is 0 Å². The highest BCUT2D eigenvalue weighted by Crippen LogP contribution is 2.32. The number of aldehydes is 1. The van der Waals surface area contributed by atoms with Crippen molar-refractivity contribution in [2.45, 2.75) is 57.9 Å². The molecule has 0 radical (unpaired) electrons. The number of nitrogens with one attached hydrogen (secondary N) is 2. The summed E-state index contributed by atoms with van der Waals surface area (Å²) in [6.07, 6.45) is 1.37. The van der Waals surface area contributed by atoms with Gasteiger partial charge in [0.25, 0.3) is 0 Å². The van der Waals surface area contributed by atoms with Crippen LogP contribution in [0.1, 0.15) is 39.5 Å². The molecule has 2 aliphatic rings. The Bertz CT molecular complexity index is 1180. The Labute approximate surface area is 249 Å². The van der Waals surface area contributed by atoms with Crippen molar-refractivity contribution in [3.05, 3.63) is 58.6 Å². The summed E-state index contributed by atoms with van der Waals surface area (Å²) in [7, 11) is 0. The highest BCUT2D eigenvalue weighted by Gasteiger charge is 2.45. The molecule has 0 aliphatic carbocycles. The van der Waals surface area contributed by atoms with E-state index >= 15 is 0 Å². The average molecular weight is 605 g/mol. The molecule has 2 N–H and O–H groups in total. The third-order valence-corrected chi connectivity index (χ3v) is 7.86. The molecular weight excluding hydrogens is 569 g/mol. The van der Waals surface area contributed by atoms with E-state index in [1.54, 1.807) is 48.5 Å². The highest BCUT2D eigenvalue weighted by molar-refractivity contribution is 6.30. The fraction of sp³-hybridized carbons (Fsp3) is 0.467. The van der Waals surface area contributed by atoms with Gasteiger partial charge in [-0.25, -0.2) is 0 Å². The number of carbonyl (C=O) groups is 4. The minimum atomic E-state index is -1.41. The van der Waals surface area contributed by atoms with Gasteiger partial charge in [0.2, 0.25) is 11.8 Å². The van der Waals surface area contributed by atoms with Crippen LogP contribution < -0.4 is 20.1 Å². The van der Waals surface area contributed by atoms with E-state index in [1.807, 2.05) is 0 Å². The van der Waals surface area contributed by atoms with Crippen molar-refractivity contribution in [3.63, 3.8) is 0 Å². The maximum Gasteiger partial charge on any atom is 0.321 e. The first kappa shape index (κ1) is 30.7. The second-order valence-corrected chi connectivity index (χ2v) is 11.8. The van der Waals surface area contributed by atoms with E-state index in [9.17, 15) is 19.2 Å². The Balaban J connectivity index is 1.57. The molecular formula is C30H35Cl2N3O6. The van der Waals surface area contributed by atoms with E-state index in [-0.39, 0.29) is 30.1 Å². The van der Waals surface area contributed by atoms with Crippen molar-refractivity contribution < 1.29 is 28.7 Å². The summed E-state index contributed by atoms with van der Waals surface area (Å²) in [4.78, 5) is 53.2. The lowest BCUT2D eigenvalue weighted by molar-refractivity contribution is -0.156. The summed E-state index contributed by atoms with van der Waals surface area (Å²) in [6, 6.07) is 11.3. The molecule has 0 spiro atoms. The number of carbonyl (C=O) groups excluding carboxylic acids is 4. The lowest BCUT2D eigenvalue weighted by Crippen LogP contribution is -2.55. The summed E-state index contributed by atoms with van der Waals surface area (Å²) in [5.41, 5.74) is 0. The molecule has 220 valence electrons. The first-order chi connectivity index (χ1) is 19.6. The van der Waals surface area contributed by atoms with Crippen molar-refractivity contribution >= 4 is 47.2 Å². The number of ether oxygens (including phenoxy) is 2. The molecule has 2 aromatic carbocycles. The zero-order valence-electron chi connectivity index (χ0n) is 23.1. The monoisotopic (exact) mass is 603 g/mol. The Morgan fingerprint density at radius 2 is 1.59 bits per heavy atom. The molecule has 0 unspecified atom stereocenters. The van der Waals surface area contributed by atoms with E-state index in [0.29, 0.717) is 60.2 Å². The fourth-order valence-corrected chi connectivity index (χ4v) is 5.69. The normalized spacial score (nSPS) is 21.1. The van der Waals surface area contributed by atoms with Gasteiger partial charge in [0.15, 0.2) is 0 Å². The molecule has 9 nitrogen and oxygen atoms in total. The molecule has 2 aliphatic heterocycles. The Hall–Kier alpha value is -3.30. The van der Waals surface area contributed by atoms with Gasteiger partial charge in [0, 0.05) is 29.1 Å². The van der Waals surface area contributed by atoms with Crippen LogP contribution in [-0.2, 0) is 19.2 Å². The Kier molecular flexibility index (Phi) is 10.5. The number of likely N-dealkylation sites (tertiary alicyclic amines) is 1. The minimum Gasteiger partial charge on any atom is -0.446 e. The predicted octanol–water partition coefficient (Wildman–Crippen LogP) is 4.25. The SMILES string of the molecule is CC(C)C[C@H]1CCN(C(=O)C(Oc2ccc(Cl)cc2)Oc2ccc(Cl)cc2)[C@@H]1C(=O)N[C@H](C=O)C[C@@H]1CCNC1=O. The molecule has 4 atom stereocenters. The number of hydrogen-bond donors (Lipinski definition) is 2. The maximum atomic E-state index is 14.0. The molecule has 2 aromatic rings. The van der Waals surface area contributed by atoms with Crippen molar-refractivity contribution in [1.29, 1.82) is 0 Å². The quantitative estimate of drug-likeness (QED) is 0.277. The number of nitrogens with zero attached hydrogens (tertiary/aromatic N) is 1. The molecule has 2 saturated heterocycles. The second-order valence-electron chi connectivity index (χ2n) is 10.9. The van der Waals surface area contributed by atoms with Crippen LogP contribution in [-0.4, -0.2) is 60.4 Å². The molecule has 41 heavy (non-hydrogen) atoms. The van der Waals surface area contributed by atoms with Crippen LogP contribution in [0.5, 0.6) is 11.5 Å². The van der Waals surface area contributed by atoms with Gasteiger partial charge in [-0.3, -0.25) is 14.4 Å². The lowest BCUT2D eigenvalue weighted by Gasteiger charge is -2.31. The summed E-state index contributed by atoms with van der Waals surface area (Å²) in [5.74, 6) is -0.569. The summed E-state index contributed by atoms with van der Waals surface area (Å²) in [5, 5.41) is 6.57. The standard InChI is InChI=1S/C30H35Cl2N3O6/c1-18(2)15-19-12-14-35(26(19)28(38)34-23(17-36)16-20-11-13-33-27(20)37)29(39)30(40-24-7-3-21(31)4-8-24)41-25-9-5-22(32)6-10-25/h3-10,17-20,23,26,30H,11-16H2,1-2H3,(H,33,37)(H,34,38)/t19-,20+,23+,26+/m1/s1. The van der Waals surface area contributed by atoms with Crippen molar-refractivity contribution in [2.75, 3.05) is 13.1 Å². The van der Waals surface area contributed by atoms with E-state index in [1.165, 1.54) is 4.90 Å². The predicted molar refractivity (Wildman–Crippen MR) is 155 cm³/mol. The van der Waals surface area contributed by atoms with Crippen LogP contribution in [0.3, 0.4) is 0 Å². The zero-order valence-corrected chi connectivity index (χ0v) is 24.6. The van der Waals surface area contributed by atoms with Crippen LogP contribution in [0.15, 0.2) is 48.5 Å². The van der Waals surface area contributed by atoms with Crippen molar-refractivity contribution in [1.82, 2.24) is 15.5 Å². The number of benzene rings is 2. The van der Waals surface area contributed by atoms with Gasteiger partial charge in [-0.05, 0) is 86.1 Å². The fourth-order valence-electron chi connectivity index (χ4n) is 5.44. The average Bonchev–Trinajstić information content (AvgIpc) is 3.55. The Morgan fingerprint density at radius 3 is 2.07 bits per heavy atom. The van der Waals surface area contributed by atoms with Crippen LogP contribution in [0.25, 0.3) is 0 Å². The van der Waals surface area contributed by atoms with Gasteiger partial charge in [0.05, 0.1) is 6.04 Å². The topological polar surface area (TPSA) is 114 Å². The summed E-state index contributed by atoms with van der Waals surface area (Å²) in [6.45, 7) is 4.98. The third-order valence-electron chi connectivity index (χ3n) is 7.36. The largest absolute Gasteiger partial charge is 0.446 e.